The zero-order valence-electron chi connectivity index (χ0n) is 14.6. The highest BCUT2D eigenvalue weighted by Crippen LogP contribution is 2.21. The highest BCUT2D eigenvalue weighted by atomic mass is 16.1. The second-order valence-electron chi connectivity index (χ2n) is 7.39. The molecular weight excluding hydrogens is 316 g/mol. The molecule has 1 fully saturated rings. The van der Waals surface area contributed by atoms with Gasteiger partial charge in [0.2, 0.25) is 5.56 Å². The summed E-state index contributed by atoms with van der Waals surface area (Å²) in [6.07, 6.45) is 6.23. The van der Waals surface area contributed by atoms with Crippen molar-refractivity contribution in [3.8, 4) is 0 Å². The maximum Gasteiger partial charge on any atom is 0.267 e. The number of hydrogen-bond donors (Lipinski definition) is 0. The molecule has 0 aromatic carbocycles. The van der Waals surface area contributed by atoms with Crippen molar-refractivity contribution < 1.29 is 0 Å². The minimum Gasteiger partial charge on any atom is -0.318 e. The van der Waals surface area contributed by atoms with Gasteiger partial charge >= 0.3 is 0 Å². The van der Waals surface area contributed by atoms with E-state index in [0.717, 1.165) is 49.3 Å². The quantitative estimate of drug-likeness (QED) is 0.832. The van der Waals surface area contributed by atoms with Crippen LogP contribution in [0.4, 0.5) is 0 Å². The Morgan fingerprint density at radius 1 is 1.12 bits per heavy atom. The first kappa shape index (κ1) is 16.3. The standard InChI is InChI=1S/C19H24N4O2/c1-21-9-14(6-7-18(21)24)10-22-11-15(12-22)13-23-19(25)8-16-4-2-3-5-17(16)20-23/h6-9,15H,2-5,10-13H2,1H3. The summed E-state index contributed by atoms with van der Waals surface area (Å²) in [5.41, 5.74) is 3.47. The third kappa shape index (κ3) is 3.44. The molecule has 0 spiro atoms. The van der Waals surface area contributed by atoms with Crippen molar-refractivity contribution in [2.45, 2.75) is 38.8 Å². The predicted octanol–water partition coefficient (Wildman–Crippen LogP) is 0.953. The van der Waals surface area contributed by atoms with Crippen LogP contribution in [-0.4, -0.2) is 32.3 Å². The van der Waals surface area contributed by atoms with Crippen LogP contribution in [0.15, 0.2) is 34.0 Å². The average Bonchev–Trinajstić information content (AvgIpc) is 2.56. The normalized spacial score (nSPS) is 18.0. The first-order chi connectivity index (χ1) is 12.1. The van der Waals surface area contributed by atoms with E-state index >= 15 is 0 Å². The molecule has 0 atom stereocenters. The Bertz CT molecular complexity index is 893. The molecule has 0 saturated carbocycles. The van der Waals surface area contributed by atoms with Crippen LogP contribution in [0, 0.1) is 5.92 Å². The van der Waals surface area contributed by atoms with Crippen LogP contribution < -0.4 is 11.1 Å². The van der Waals surface area contributed by atoms with Crippen molar-refractivity contribution in [2.75, 3.05) is 13.1 Å². The lowest BCUT2D eigenvalue weighted by Crippen LogP contribution is -2.49. The molecule has 132 valence electrons. The number of aromatic nitrogens is 3. The molecule has 0 N–H and O–H groups in total. The molecule has 6 nitrogen and oxygen atoms in total. The van der Waals surface area contributed by atoms with Gasteiger partial charge in [-0.15, -0.1) is 0 Å². The molecule has 2 aromatic rings. The van der Waals surface area contributed by atoms with Gasteiger partial charge in [0.25, 0.3) is 5.56 Å². The van der Waals surface area contributed by atoms with E-state index < -0.39 is 0 Å². The van der Waals surface area contributed by atoms with Gasteiger partial charge in [-0.1, -0.05) is 6.07 Å². The molecule has 1 aliphatic carbocycles. The van der Waals surface area contributed by atoms with Gasteiger partial charge in [0.1, 0.15) is 0 Å². The Kier molecular flexibility index (Phi) is 4.29. The zero-order valence-corrected chi connectivity index (χ0v) is 14.6. The smallest absolute Gasteiger partial charge is 0.267 e. The number of pyridine rings is 1. The predicted molar refractivity (Wildman–Crippen MR) is 95.6 cm³/mol. The van der Waals surface area contributed by atoms with E-state index in [4.69, 9.17) is 0 Å². The molecule has 0 bridgehead atoms. The number of likely N-dealkylation sites (tertiary alicyclic amines) is 1. The fourth-order valence-electron chi connectivity index (χ4n) is 3.90. The van der Waals surface area contributed by atoms with Crippen LogP contribution in [0.3, 0.4) is 0 Å². The molecule has 0 radical (unpaired) electrons. The highest BCUT2D eigenvalue weighted by molar-refractivity contribution is 5.20. The van der Waals surface area contributed by atoms with Crippen molar-refractivity contribution in [3.05, 3.63) is 61.9 Å². The molecule has 2 aliphatic rings. The molecule has 6 heteroatoms. The average molecular weight is 340 g/mol. The maximum absolute atomic E-state index is 12.3. The van der Waals surface area contributed by atoms with E-state index in [1.165, 1.54) is 12.8 Å². The SMILES string of the molecule is Cn1cc(CN2CC(Cn3nc4c(cc3=O)CCCC4)C2)ccc1=O. The van der Waals surface area contributed by atoms with Crippen molar-refractivity contribution in [1.29, 1.82) is 0 Å². The number of fused-ring (bicyclic) bond motifs is 1. The van der Waals surface area contributed by atoms with Gasteiger partial charge in [0.15, 0.2) is 0 Å². The lowest BCUT2D eigenvalue weighted by molar-refractivity contribution is 0.0762. The molecule has 1 aliphatic heterocycles. The lowest BCUT2D eigenvalue weighted by Gasteiger charge is -2.39. The van der Waals surface area contributed by atoms with E-state index in [1.54, 1.807) is 28.4 Å². The summed E-state index contributed by atoms with van der Waals surface area (Å²) in [5, 5.41) is 4.61. The Morgan fingerprint density at radius 2 is 1.92 bits per heavy atom. The first-order valence-corrected chi connectivity index (χ1v) is 9.06. The van der Waals surface area contributed by atoms with Gasteiger partial charge in [-0.3, -0.25) is 14.5 Å². The molecule has 2 aromatic heterocycles. The van der Waals surface area contributed by atoms with Gasteiger partial charge in [-0.25, -0.2) is 4.68 Å². The molecule has 0 amide bonds. The van der Waals surface area contributed by atoms with Crippen molar-refractivity contribution in [2.24, 2.45) is 13.0 Å². The number of rotatable bonds is 4. The Balaban J connectivity index is 1.36. The summed E-state index contributed by atoms with van der Waals surface area (Å²) in [4.78, 5) is 26.0. The van der Waals surface area contributed by atoms with Gasteiger partial charge in [0.05, 0.1) is 12.2 Å². The summed E-state index contributed by atoms with van der Waals surface area (Å²) in [6, 6.07) is 5.30. The lowest BCUT2D eigenvalue weighted by atomic mass is 9.96. The molecule has 4 rings (SSSR count). The third-order valence-corrected chi connectivity index (χ3v) is 5.29. The Hall–Kier alpha value is -2.21. The molecule has 0 unspecified atom stereocenters. The van der Waals surface area contributed by atoms with Crippen LogP contribution in [0.5, 0.6) is 0 Å². The van der Waals surface area contributed by atoms with Gasteiger partial charge in [-0.05, 0) is 36.8 Å². The summed E-state index contributed by atoms with van der Waals surface area (Å²) >= 11 is 0. The number of aryl methyl sites for hydroxylation is 3. The third-order valence-electron chi connectivity index (χ3n) is 5.29. The summed E-state index contributed by atoms with van der Waals surface area (Å²) in [5.74, 6) is 0.472. The topological polar surface area (TPSA) is 60.1 Å². The van der Waals surface area contributed by atoms with E-state index in [-0.39, 0.29) is 11.1 Å². The number of nitrogens with zero attached hydrogens (tertiary/aromatic N) is 4. The van der Waals surface area contributed by atoms with Crippen LogP contribution in [0.1, 0.15) is 29.7 Å². The Labute approximate surface area is 146 Å². The highest BCUT2D eigenvalue weighted by Gasteiger charge is 2.28. The maximum atomic E-state index is 12.3. The molecule has 3 heterocycles. The molecular formula is C19H24N4O2. The second kappa shape index (κ2) is 6.59. The van der Waals surface area contributed by atoms with Gasteiger partial charge in [-0.2, -0.15) is 5.10 Å². The van der Waals surface area contributed by atoms with Crippen LogP contribution in [0.25, 0.3) is 0 Å². The van der Waals surface area contributed by atoms with Crippen molar-refractivity contribution in [1.82, 2.24) is 19.2 Å². The number of hydrogen-bond acceptors (Lipinski definition) is 4. The summed E-state index contributed by atoms with van der Waals surface area (Å²) in [7, 11) is 1.78. The monoisotopic (exact) mass is 340 g/mol. The van der Waals surface area contributed by atoms with Crippen LogP contribution in [-0.2, 0) is 33.0 Å². The largest absolute Gasteiger partial charge is 0.318 e. The van der Waals surface area contributed by atoms with E-state index in [2.05, 4.69) is 10.00 Å². The summed E-state index contributed by atoms with van der Waals surface area (Å²) in [6.45, 7) is 3.48. The van der Waals surface area contributed by atoms with Crippen molar-refractivity contribution >= 4 is 0 Å². The van der Waals surface area contributed by atoms with Crippen LogP contribution in [0.2, 0.25) is 0 Å². The molecule has 25 heavy (non-hydrogen) atoms. The fourth-order valence-corrected chi connectivity index (χ4v) is 3.90. The van der Waals surface area contributed by atoms with E-state index in [9.17, 15) is 9.59 Å². The minimum atomic E-state index is 0.0168. The summed E-state index contributed by atoms with van der Waals surface area (Å²) < 4.78 is 3.28. The second-order valence-corrected chi connectivity index (χ2v) is 7.39. The fraction of sp³-hybridized carbons (Fsp3) is 0.526. The van der Waals surface area contributed by atoms with E-state index in [0.29, 0.717) is 12.5 Å². The van der Waals surface area contributed by atoms with Crippen molar-refractivity contribution in [3.63, 3.8) is 0 Å². The zero-order chi connectivity index (χ0) is 17.4. The van der Waals surface area contributed by atoms with E-state index in [1.807, 2.05) is 12.3 Å². The first-order valence-electron chi connectivity index (χ1n) is 9.06. The van der Waals surface area contributed by atoms with Crippen LogP contribution >= 0.6 is 0 Å². The Morgan fingerprint density at radius 3 is 2.72 bits per heavy atom. The minimum absolute atomic E-state index is 0.0168. The van der Waals surface area contributed by atoms with Gasteiger partial charge < -0.3 is 4.57 Å². The molecule has 1 saturated heterocycles. The van der Waals surface area contributed by atoms with Gasteiger partial charge in [0, 0.05) is 50.9 Å².